The molecule has 12 rings (SSSR count). The summed E-state index contributed by atoms with van der Waals surface area (Å²) in [5.74, 6) is 1.80. The van der Waals surface area contributed by atoms with Crippen molar-refractivity contribution in [3.8, 4) is 33.8 Å². The Kier molecular flexibility index (Phi) is 6.55. The predicted molar refractivity (Wildman–Crippen MR) is 229 cm³/mol. The summed E-state index contributed by atoms with van der Waals surface area (Å²) in [6.45, 7) is 0. The second-order valence-corrected chi connectivity index (χ2v) is 14.8. The lowest BCUT2D eigenvalue weighted by molar-refractivity contribution is 0.437. The Morgan fingerprint density at radius 2 is 1.02 bits per heavy atom. The van der Waals surface area contributed by atoms with Gasteiger partial charge in [-0.25, -0.2) is 0 Å². The number of nitrogens with zero attached hydrogens (tertiary/aromatic N) is 1. The molecule has 0 bridgehead atoms. The van der Waals surface area contributed by atoms with Gasteiger partial charge in [-0.15, -0.1) is 0 Å². The highest BCUT2D eigenvalue weighted by molar-refractivity contribution is 6.09. The molecule has 0 radical (unpaired) electrons. The van der Waals surface area contributed by atoms with E-state index in [0.717, 1.165) is 67.2 Å². The van der Waals surface area contributed by atoms with Crippen LogP contribution in [0, 0.1) is 0 Å². The third-order valence-electron chi connectivity index (χ3n) is 11.9. The van der Waals surface area contributed by atoms with E-state index in [2.05, 4.69) is 193 Å². The van der Waals surface area contributed by atoms with E-state index in [1.807, 2.05) is 12.1 Å². The summed E-state index contributed by atoms with van der Waals surface area (Å²) in [6.07, 6.45) is 0. The third-order valence-corrected chi connectivity index (χ3v) is 11.9. The van der Waals surface area contributed by atoms with Crippen LogP contribution in [0.25, 0.3) is 55.0 Å². The molecule has 56 heavy (non-hydrogen) atoms. The van der Waals surface area contributed by atoms with E-state index in [1.54, 1.807) is 0 Å². The fourth-order valence-electron chi connectivity index (χ4n) is 9.51. The first kappa shape index (κ1) is 31.0. The van der Waals surface area contributed by atoms with E-state index in [1.165, 1.54) is 38.6 Å². The molecule has 3 nitrogen and oxygen atoms in total. The molecule has 9 aromatic carbocycles. The van der Waals surface area contributed by atoms with Crippen LogP contribution in [0.15, 0.2) is 205 Å². The van der Waals surface area contributed by atoms with Gasteiger partial charge in [-0.05, 0) is 99.3 Å². The molecule has 0 saturated carbocycles. The van der Waals surface area contributed by atoms with Gasteiger partial charge in [-0.3, -0.25) is 0 Å². The fraction of sp³-hybridized carbons (Fsp3) is 0.0189. The summed E-state index contributed by atoms with van der Waals surface area (Å²) in [6, 6.07) is 71.9. The molecular weight excluding hydrogens is 683 g/mol. The maximum atomic E-state index is 6.75. The first-order chi connectivity index (χ1) is 27.8. The maximum Gasteiger partial charge on any atom is 0.143 e. The number of hydrogen-bond acceptors (Lipinski definition) is 3. The Hall–Kier alpha value is -7.36. The number of hydrogen-bond donors (Lipinski definition) is 0. The van der Waals surface area contributed by atoms with Crippen molar-refractivity contribution >= 4 is 49.8 Å². The molecule has 1 unspecified atom stereocenters. The molecule has 10 aromatic rings. The number of furan rings is 1. The smallest absolute Gasteiger partial charge is 0.143 e. The molecule has 0 amide bonds. The molecule has 2 heterocycles. The third kappa shape index (κ3) is 4.34. The van der Waals surface area contributed by atoms with E-state index in [9.17, 15) is 0 Å². The van der Waals surface area contributed by atoms with E-state index < -0.39 is 5.41 Å². The van der Waals surface area contributed by atoms with Crippen LogP contribution < -0.4 is 9.64 Å². The van der Waals surface area contributed by atoms with Crippen molar-refractivity contribution in [1.29, 1.82) is 0 Å². The number of fused-ring (bicyclic) bond motifs is 13. The molecule has 0 saturated heterocycles. The van der Waals surface area contributed by atoms with Crippen molar-refractivity contribution in [1.82, 2.24) is 0 Å². The van der Waals surface area contributed by atoms with Crippen LogP contribution in [0.3, 0.4) is 0 Å². The predicted octanol–water partition coefficient (Wildman–Crippen LogP) is 14.3. The zero-order valence-corrected chi connectivity index (χ0v) is 30.3. The van der Waals surface area contributed by atoms with Crippen LogP contribution in [0.2, 0.25) is 0 Å². The van der Waals surface area contributed by atoms with Crippen LogP contribution >= 0.6 is 0 Å². The first-order valence-electron chi connectivity index (χ1n) is 19.2. The van der Waals surface area contributed by atoms with Gasteiger partial charge < -0.3 is 14.1 Å². The van der Waals surface area contributed by atoms with Gasteiger partial charge in [0, 0.05) is 44.5 Å². The summed E-state index contributed by atoms with van der Waals surface area (Å²) in [5, 5.41) is 4.64. The van der Waals surface area contributed by atoms with Gasteiger partial charge in [0.05, 0.1) is 5.41 Å². The molecular formula is C53H33NO2. The Bertz CT molecular complexity index is 3180. The van der Waals surface area contributed by atoms with Gasteiger partial charge in [-0.2, -0.15) is 0 Å². The van der Waals surface area contributed by atoms with Crippen molar-refractivity contribution in [3.05, 3.63) is 222 Å². The van der Waals surface area contributed by atoms with Crippen LogP contribution in [0.4, 0.5) is 17.1 Å². The van der Waals surface area contributed by atoms with Gasteiger partial charge in [-0.1, -0.05) is 140 Å². The van der Waals surface area contributed by atoms with Crippen LogP contribution in [-0.2, 0) is 5.41 Å². The zero-order chi connectivity index (χ0) is 36.8. The minimum atomic E-state index is -0.546. The summed E-state index contributed by atoms with van der Waals surface area (Å²) in [5.41, 5.74) is 14.1. The Morgan fingerprint density at radius 3 is 1.89 bits per heavy atom. The quantitative estimate of drug-likeness (QED) is 0.181. The molecule has 2 aliphatic rings. The number of para-hydroxylation sites is 4. The SMILES string of the molecule is c1ccc(N(c2ccc(-c3cccc4c3oc3ccccc34)cc2)c2ccc3c(c2)-c2ccccc2C32c3ccccc3Oc3cc4ccccc4cc32)cc1. The highest BCUT2D eigenvalue weighted by Gasteiger charge is 2.51. The molecule has 3 heteroatoms. The van der Waals surface area contributed by atoms with E-state index in [-0.39, 0.29) is 0 Å². The molecule has 1 atom stereocenters. The maximum absolute atomic E-state index is 6.75. The first-order valence-corrected chi connectivity index (χ1v) is 19.2. The topological polar surface area (TPSA) is 25.6 Å². The number of ether oxygens (including phenoxy) is 1. The Morgan fingerprint density at radius 1 is 0.375 bits per heavy atom. The van der Waals surface area contributed by atoms with Crippen LogP contribution in [-0.4, -0.2) is 0 Å². The molecule has 1 aliphatic carbocycles. The van der Waals surface area contributed by atoms with Crippen molar-refractivity contribution in [2.24, 2.45) is 0 Å². The lowest BCUT2D eigenvalue weighted by atomic mass is 9.66. The second kappa shape index (κ2) is 11.8. The van der Waals surface area contributed by atoms with E-state index in [0.29, 0.717) is 0 Å². The number of anilines is 3. The summed E-state index contributed by atoms with van der Waals surface area (Å²) in [4.78, 5) is 2.36. The van der Waals surface area contributed by atoms with Gasteiger partial charge in [0.15, 0.2) is 0 Å². The summed E-state index contributed by atoms with van der Waals surface area (Å²) < 4.78 is 13.2. The average molecular weight is 716 g/mol. The van der Waals surface area contributed by atoms with Crippen molar-refractivity contribution in [2.75, 3.05) is 4.90 Å². The number of benzene rings is 9. The number of rotatable bonds is 4. The Labute approximate surface area is 324 Å². The molecule has 1 aliphatic heterocycles. The van der Waals surface area contributed by atoms with Crippen molar-refractivity contribution in [2.45, 2.75) is 5.41 Å². The zero-order valence-electron chi connectivity index (χ0n) is 30.3. The molecule has 1 spiro atoms. The molecule has 262 valence electrons. The second-order valence-electron chi connectivity index (χ2n) is 14.8. The molecule has 0 fully saturated rings. The fourth-order valence-corrected chi connectivity index (χ4v) is 9.51. The van der Waals surface area contributed by atoms with Crippen molar-refractivity contribution in [3.63, 3.8) is 0 Å². The minimum absolute atomic E-state index is 0.546. The summed E-state index contributed by atoms with van der Waals surface area (Å²) in [7, 11) is 0. The largest absolute Gasteiger partial charge is 0.457 e. The normalized spacial score (nSPS) is 15.0. The van der Waals surface area contributed by atoms with Gasteiger partial charge in [0.1, 0.15) is 22.7 Å². The van der Waals surface area contributed by atoms with Crippen LogP contribution in [0.1, 0.15) is 22.3 Å². The highest BCUT2D eigenvalue weighted by Crippen LogP contribution is 2.63. The molecule has 0 N–H and O–H groups in total. The summed E-state index contributed by atoms with van der Waals surface area (Å²) >= 11 is 0. The standard InChI is InChI=1S/C53H33NO2/c1-2-15-37(16-3-1)54(38-27-25-34(26-28-38)40-19-12-20-43-42-18-7-10-23-49(42)56-52(40)43)39-29-30-46-44(33-39)41-17-6-8-21-45(41)53(46)47-22-9-11-24-50(47)55-51-32-36-14-5-4-13-35(36)31-48(51)53/h1-33H. The lowest BCUT2D eigenvalue weighted by Crippen LogP contribution is -2.32. The average Bonchev–Trinajstić information content (AvgIpc) is 3.78. The van der Waals surface area contributed by atoms with Gasteiger partial charge >= 0.3 is 0 Å². The minimum Gasteiger partial charge on any atom is -0.457 e. The van der Waals surface area contributed by atoms with E-state index in [4.69, 9.17) is 9.15 Å². The Balaban J connectivity index is 1.04. The monoisotopic (exact) mass is 715 g/mol. The lowest BCUT2D eigenvalue weighted by Gasteiger charge is -2.39. The van der Waals surface area contributed by atoms with Crippen LogP contribution in [0.5, 0.6) is 11.5 Å². The van der Waals surface area contributed by atoms with Crippen molar-refractivity contribution < 1.29 is 9.15 Å². The highest BCUT2D eigenvalue weighted by atomic mass is 16.5. The van der Waals surface area contributed by atoms with Gasteiger partial charge in [0.25, 0.3) is 0 Å². The van der Waals surface area contributed by atoms with Gasteiger partial charge in [0.2, 0.25) is 0 Å². The van der Waals surface area contributed by atoms with E-state index >= 15 is 0 Å². The molecule has 1 aromatic heterocycles.